The molecular formula is C11H7Br2ClFN3O2S. The number of nitrogen functional groups attached to an aromatic ring is 1. The summed E-state index contributed by atoms with van der Waals surface area (Å²) in [5, 5.41) is -0.0204. The van der Waals surface area contributed by atoms with Crippen LogP contribution in [0.5, 0.6) is 0 Å². The van der Waals surface area contributed by atoms with E-state index in [1.165, 1.54) is 12.3 Å². The first kappa shape index (κ1) is 16.5. The maximum atomic E-state index is 13.3. The summed E-state index contributed by atoms with van der Waals surface area (Å²) in [5.41, 5.74) is 5.20. The number of aromatic nitrogens is 1. The van der Waals surface area contributed by atoms with Crippen LogP contribution in [0.25, 0.3) is 0 Å². The molecule has 0 saturated carbocycles. The molecule has 1 heterocycles. The first-order valence-electron chi connectivity index (χ1n) is 5.29. The van der Waals surface area contributed by atoms with Gasteiger partial charge < -0.3 is 5.73 Å². The molecule has 0 aliphatic rings. The third-order valence-electron chi connectivity index (χ3n) is 2.39. The van der Waals surface area contributed by atoms with Gasteiger partial charge in [-0.3, -0.25) is 4.72 Å². The van der Waals surface area contributed by atoms with Gasteiger partial charge in [0.2, 0.25) is 0 Å². The minimum Gasteiger partial charge on any atom is -0.396 e. The molecule has 2 aromatic rings. The largest absolute Gasteiger partial charge is 0.396 e. The van der Waals surface area contributed by atoms with E-state index in [2.05, 4.69) is 41.6 Å². The second-order valence-electron chi connectivity index (χ2n) is 3.90. The monoisotopic (exact) mass is 457 g/mol. The van der Waals surface area contributed by atoms with E-state index in [1.807, 2.05) is 0 Å². The predicted octanol–water partition coefficient (Wildman–Crippen LogP) is 3.78. The highest BCUT2D eigenvalue weighted by molar-refractivity contribution is 9.10. The molecule has 0 bridgehead atoms. The van der Waals surface area contributed by atoms with E-state index < -0.39 is 15.8 Å². The Balaban J connectivity index is 2.48. The van der Waals surface area contributed by atoms with Gasteiger partial charge in [-0.05, 0) is 50.1 Å². The van der Waals surface area contributed by atoms with E-state index in [4.69, 9.17) is 17.3 Å². The van der Waals surface area contributed by atoms with Crippen molar-refractivity contribution in [2.75, 3.05) is 10.5 Å². The quantitative estimate of drug-likeness (QED) is 0.540. The lowest BCUT2D eigenvalue weighted by Gasteiger charge is -2.11. The summed E-state index contributed by atoms with van der Waals surface area (Å²) >= 11 is 12.0. The molecule has 5 nitrogen and oxygen atoms in total. The minimum absolute atomic E-state index is 0.0204. The molecule has 0 fully saturated rings. The van der Waals surface area contributed by atoms with E-state index in [0.717, 1.165) is 12.1 Å². The SMILES string of the molecule is Nc1cc(S(=O)(=O)Nc2cc(Br)cnc2Cl)c(Br)cc1F. The van der Waals surface area contributed by atoms with Crippen LogP contribution in [0.15, 0.2) is 38.2 Å². The molecule has 1 aromatic heterocycles. The van der Waals surface area contributed by atoms with Crippen molar-refractivity contribution in [3.05, 3.63) is 44.3 Å². The van der Waals surface area contributed by atoms with Crippen LogP contribution in [-0.2, 0) is 10.0 Å². The number of hydrogen-bond donors (Lipinski definition) is 2. The maximum absolute atomic E-state index is 13.3. The number of nitrogens with one attached hydrogen (secondary N) is 1. The van der Waals surface area contributed by atoms with E-state index in [9.17, 15) is 12.8 Å². The molecule has 0 spiro atoms. The zero-order valence-corrected chi connectivity index (χ0v) is 14.8. The van der Waals surface area contributed by atoms with Crippen molar-refractivity contribution < 1.29 is 12.8 Å². The van der Waals surface area contributed by atoms with Gasteiger partial charge in [0, 0.05) is 15.1 Å². The first-order chi connectivity index (χ1) is 9.70. The van der Waals surface area contributed by atoms with Gasteiger partial charge >= 0.3 is 0 Å². The van der Waals surface area contributed by atoms with Gasteiger partial charge in [-0.1, -0.05) is 11.6 Å². The Morgan fingerprint density at radius 1 is 1.29 bits per heavy atom. The maximum Gasteiger partial charge on any atom is 0.263 e. The average molecular weight is 460 g/mol. The smallest absolute Gasteiger partial charge is 0.263 e. The van der Waals surface area contributed by atoms with E-state index >= 15 is 0 Å². The standard InChI is InChI=1S/C11H7Br2ClFN3O2S/c12-5-1-9(11(14)17-4-5)18-21(19,20)10-3-8(16)7(15)2-6(10)13/h1-4,18H,16H2. The van der Waals surface area contributed by atoms with Gasteiger partial charge in [0.1, 0.15) is 10.7 Å². The highest BCUT2D eigenvalue weighted by atomic mass is 79.9. The van der Waals surface area contributed by atoms with Crippen LogP contribution in [0, 0.1) is 5.82 Å². The van der Waals surface area contributed by atoms with E-state index in [1.54, 1.807) is 0 Å². The zero-order valence-electron chi connectivity index (χ0n) is 10.1. The topological polar surface area (TPSA) is 85.1 Å². The third kappa shape index (κ3) is 3.65. The molecular weight excluding hydrogens is 452 g/mol. The zero-order chi connectivity index (χ0) is 15.8. The lowest BCUT2D eigenvalue weighted by Crippen LogP contribution is -2.15. The molecule has 2 rings (SSSR count). The second-order valence-corrected chi connectivity index (χ2v) is 7.68. The fraction of sp³-hybridized carbons (Fsp3) is 0. The molecule has 0 radical (unpaired) electrons. The van der Waals surface area contributed by atoms with Crippen molar-refractivity contribution in [3.63, 3.8) is 0 Å². The summed E-state index contributed by atoms with van der Waals surface area (Å²) in [6, 6.07) is 3.44. The van der Waals surface area contributed by atoms with Crippen LogP contribution in [-0.4, -0.2) is 13.4 Å². The molecule has 0 saturated heterocycles. The van der Waals surface area contributed by atoms with Crippen molar-refractivity contribution in [3.8, 4) is 0 Å². The first-order valence-corrected chi connectivity index (χ1v) is 8.74. The highest BCUT2D eigenvalue weighted by Crippen LogP contribution is 2.30. The molecule has 3 N–H and O–H groups in total. The van der Waals surface area contributed by atoms with Crippen molar-refractivity contribution in [1.82, 2.24) is 4.98 Å². The van der Waals surface area contributed by atoms with Gasteiger partial charge in [0.25, 0.3) is 10.0 Å². The van der Waals surface area contributed by atoms with Gasteiger partial charge in [-0.25, -0.2) is 17.8 Å². The summed E-state index contributed by atoms with van der Waals surface area (Å²) in [6.07, 6.45) is 1.42. The molecule has 0 amide bonds. The van der Waals surface area contributed by atoms with Gasteiger partial charge in [0.15, 0.2) is 5.15 Å². The molecule has 0 aliphatic carbocycles. The van der Waals surface area contributed by atoms with Crippen molar-refractivity contribution in [2.24, 2.45) is 0 Å². The van der Waals surface area contributed by atoms with Crippen LogP contribution < -0.4 is 10.5 Å². The Morgan fingerprint density at radius 2 is 1.95 bits per heavy atom. The number of nitrogens with zero attached hydrogens (tertiary/aromatic N) is 1. The summed E-state index contributed by atoms with van der Waals surface area (Å²) < 4.78 is 40.8. The lowest BCUT2D eigenvalue weighted by atomic mass is 10.3. The minimum atomic E-state index is -4.01. The van der Waals surface area contributed by atoms with E-state index in [0.29, 0.717) is 4.47 Å². The van der Waals surface area contributed by atoms with Crippen molar-refractivity contribution >= 4 is 64.9 Å². The third-order valence-corrected chi connectivity index (χ3v) is 5.45. The molecule has 0 atom stereocenters. The van der Waals surface area contributed by atoms with Gasteiger partial charge in [0.05, 0.1) is 11.4 Å². The van der Waals surface area contributed by atoms with Gasteiger partial charge in [-0.2, -0.15) is 0 Å². The second kappa shape index (κ2) is 6.07. The number of benzene rings is 1. The Morgan fingerprint density at radius 3 is 2.62 bits per heavy atom. The highest BCUT2D eigenvalue weighted by Gasteiger charge is 2.21. The molecule has 21 heavy (non-hydrogen) atoms. The average Bonchev–Trinajstić information content (AvgIpc) is 2.37. The number of sulfonamides is 1. The van der Waals surface area contributed by atoms with Crippen molar-refractivity contribution in [2.45, 2.75) is 4.90 Å². The number of anilines is 2. The van der Waals surface area contributed by atoms with Crippen LogP contribution in [0.2, 0.25) is 5.15 Å². The van der Waals surface area contributed by atoms with Crippen molar-refractivity contribution in [1.29, 1.82) is 0 Å². The summed E-state index contributed by atoms with van der Waals surface area (Å²) in [6.45, 7) is 0. The fourth-order valence-corrected chi connectivity index (χ4v) is 4.09. The Labute approximate surface area is 142 Å². The normalized spacial score (nSPS) is 11.4. The molecule has 0 unspecified atom stereocenters. The van der Waals surface area contributed by atoms with Crippen LogP contribution in [0.4, 0.5) is 15.8 Å². The Hall–Kier alpha value is -0.900. The molecule has 112 valence electrons. The molecule has 10 heteroatoms. The Bertz CT molecular complexity index is 817. The summed E-state index contributed by atoms with van der Waals surface area (Å²) in [4.78, 5) is 3.60. The molecule has 0 aliphatic heterocycles. The number of rotatable bonds is 3. The predicted molar refractivity (Wildman–Crippen MR) is 86.3 cm³/mol. The lowest BCUT2D eigenvalue weighted by molar-refractivity contribution is 0.599. The Kier molecular flexibility index (Phi) is 4.76. The number of pyridine rings is 1. The van der Waals surface area contributed by atoms with Gasteiger partial charge in [-0.15, -0.1) is 0 Å². The van der Waals surface area contributed by atoms with E-state index in [-0.39, 0.29) is 25.9 Å². The fourth-order valence-electron chi connectivity index (χ4n) is 1.44. The number of hydrogen-bond acceptors (Lipinski definition) is 4. The van der Waals surface area contributed by atoms with Crippen LogP contribution in [0.1, 0.15) is 0 Å². The number of halogens is 4. The molecule has 1 aromatic carbocycles. The van der Waals surface area contributed by atoms with Crippen LogP contribution in [0.3, 0.4) is 0 Å². The number of nitrogens with two attached hydrogens (primary N) is 1. The van der Waals surface area contributed by atoms with Crippen LogP contribution >= 0.6 is 43.5 Å². The summed E-state index contributed by atoms with van der Waals surface area (Å²) in [7, 11) is -4.01. The summed E-state index contributed by atoms with van der Waals surface area (Å²) in [5.74, 6) is -0.719.